The van der Waals surface area contributed by atoms with Gasteiger partial charge >= 0.3 is 0 Å². The van der Waals surface area contributed by atoms with Gasteiger partial charge < -0.3 is 5.73 Å². The van der Waals surface area contributed by atoms with Crippen LogP contribution < -0.4 is 5.73 Å². The summed E-state index contributed by atoms with van der Waals surface area (Å²) in [6.07, 6.45) is 2.54. The van der Waals surface area contributed by atoms with E-state index < -0.39 is 17.7 Å². The molecule has 0 aliphatic heterocycles. The molecule has 0 heterocycles. The van der Waals surface area contributed by atoms with E-state index >= 15 is 0 Å². The molecular formula is C15H22F2N2. The number of benzene rings is 1. The molecule has 1 fully saturated rings. The molecule has 1 saturated carbocycles. The fraction of sp³-hybridized carbons (Fsp3) is 0.600. The Kier molecular flexibility index (Phi) is 4.53. The molecule has 106 valence electrons. The fourth-order valence-electron chi connectivity index (χ4n) is 2.28. The largest absolute Gasteiger partial charge is 0.323 e. The standard InChI is InChI=1S/C15H22F2N2/c1-10(2)19(8-11-3-4-11)9-15(18)13-7-12(16)5-6-14(13)17/h5-7,10-11,15H,3-4,8-9,18H2,1-2H3. The maximum absolute atomic E-state index is 13.7. The summed E-state index contributed by atoms with van der Waals surface area (Å²) in [4.78, 5) is 2.26. The zero-order valence-corrected chi connectivity index (χ0v) is 11.6. The van der Waals surface area contributed by atoms with Gasteiger partial charge in [-0.25, -0.2) is 8.78 Å². The van der Waals surface area contributed by atoms with Gasteiger partial charge in [-0.2, -0.15) is 0 Å². The van der Waals surface area contributed by atoms with Crippen LogP contribution in [0.25, 0.3) is 0 Å². The maximum Gasteiger partial charge on any atom is 0.128 e. The highest BCUT2D eigenvalue weighted by molar-refractivity contribution is 5.22. The first kappa shape index (κ1) is 14.4. The van der Waals surface area contributed by atoms with E-state index in [1.165, 1.54) is 18.9 Å². The van der Waals surface area contributed by atoms with Crippen LogP contribution in [0.3, 0.4) is 0 Å². The van der Waals surface area contributed by atoms with E-state index in [2.05, 4.69) is 18.7 Å². The minimum Gasteiger partial charge on any atom is -0.323 e. The Bertz CT molecular complexity index is 430. The summed E-state index contributed by atoms with van der Waals surface area (Å²) in [6, 6.07) is 3.34. The van der Waals surface area contributed by atoms with Crippen molar-refractivity contribution in [2.24, 2.45) is 11.7 Å². The Morgan fingerprint density at radius 2 is 2.00 bits per heavy atom. The van der Waals surface area contributed by atoms with Gasteiger partial charge in [0.1, 0.15) is 11.6 Å². The SMILES string of the molecule is CC(C)N(CC1CC1)CC(N)c1cc(F)ccc1F. The second kappa shape index (κ2) is 5.97. The molecule has 0 aromatic heterocycles. The highest BCUT2D eigenvalue weighted by atomic mass is 19.1. The van der Waals surface area contributed by atoms with E-state index in [0.29, 0.717) is 12.6 Å². The molecule has 2 N–H and O–H groups in total. The minimum absolute atomic E-state index is 0.265. The number of halogens is 2. The Labute approximate surface area is 113 Å². The zero-order valence-electron chi connectivity index (χ0n) is 11.6. The smallest absolute Gasteiger partial charge is 0.128 e. The molecule has 19 heavy (non-hydrogen) atoms. The number of rotatable bonds is 6. The first-order chi connectivity index (χ1) is 8.97. The van der Waals surface area contributed by atoms with Gasteiger partial charge in [0.25, 0.3) is 0 Å². The minimum atomic E-state index is -0.489. The molecule has 2 rings (SSSR count). The van der Waals surface area contributed by atoms with Gasteiger partial charge in [0, 0.05) is 30.7 Å². The predicted molar refractivity (Wildman–Crippen MR) is 72.7 cm³/mol. The molecule has 1 unspecified atom stereocenters. The van der Waals surface area contributed by atoms with Gasteiger partial charge in [-0.15, -0.1) is 0 Å². The Morgan fingerprint density at radius 3 is 2.58 bits per heavy atom. The lowest BCUT2D eigenvalue weighted by Gasteiger charge is -2.29. The molecule has 0 bridgehead atoms. The third-order valence-electron chi connectivity index (χ3n) is 3.71. The number of hydrogen-bond donors (Lipinski definition) is 1. The van der Waals surface area contributed by atoms with Crippen LogP contribution in [0.15, 0.2) is 18.2 Å². The first-order valence-electron chi connectivity index (χ1n) is 6.92. The third-order valence-corrected chi connectivity index (χ3v) is 3.71. The number of nitrogens with two attached hydrogens (primary N) is 1. The summed E-state index contributed by atoms with van der Waals surface area (Å²) >= 11 is 0. The average molecular weight is 268 g/mol. The summed E-state index contributed by atoms with van der Waals surface area (Å²) in [5, 5.41) is 0. The third kappa shape index (κ3) is 3.98. The molecule has 0 radical (unpaired) electrons. The molecular weight excluding hydrogens is 246 g/mol. The highest BCUT2D eigenvalue weighted by Crippen LogP contribution is 2.31. The van der Waals surface area contributed by atoms with E-state index in [0.717, 1.165) is 24.6 Å². The number of nitrogens with zero attached hydrogens (tertiary/aromatic N) is 1. The molecule has 1 aromatic rings. The van der Waals surface area contributed by atoms with E-state index in [1.54, 1.807) is 0 Å². The van der Waals surface area contributed by atoms with Crippen molar-refractivity contribution in [1.82, 2.24) is 4.90 Å². The summed E-state index contributed by atoms with van der Waals surface area (Å²) in [5.74, 6) is -0.110. The summed E-state index contributed by atoms with van der Waals surface area (Å²) in [6.45, 7) is 5.78. The molecule has 0 amide bonds. The second-order valence-electron chi connectivity index (χ2n) is 5.76. The van der Waals surface area contributed by atoms with Crippen LogP contribution in [0.4, 0.5) is 8.78 Å². The van der Waals surface area contributed by atoms with Crippen molar-refractivity contribution in [2.45, 2.75) is 38.8 Å². The van der Waals surface area contributed by atoms with Crippen molar-refractivity contribution in [3.05, 3.63) is 35.4 Å². The topological polar surface area (TPSA) is 29.3 Å². The van der Waals surface area contributed by atoms with E-state index in [4.69, 9.17) is 5.73 Å². The van der Waals surface area contributed by atoms with Crippen LogP contribution >= 0.6 is 0 Å². The molecule has 1 atom stereocenters. The van der Waals surface area contributed by atoms with Crippen LogP contribution in [0, 0.1) is 17.6 Å². The summed E-state index contributed by atoms with van der Waals surface area (Å²) in [5.41, 5.74) is 6.32. The molecule has 1 aromatic carbocycles. The lowest BCUT2D eigenvalue weighted by molar-refractivity contribution is 0.199. The van der Waals surface area contributed by atoms with Gasteiger partial charge in [0.05, 0.1) is 0 Å². The van der Waals surface area contributed by atoms with Crippen molar-refractivity contribution >= 4 is 0 Å². The van der Waals surface area contributed by atoms with Gasteiger partial charge in [-0.3, -0.25) is 4.90 Å². The van der Waals surface area contributed by atoms with E-state index in [1.807, 2.05) is 0 Å². The zero-order chi connectivity index (χ0) is 14.0. The van der Waals surface area contributed by atoms with Gasteiger partial charge in [-0.05, 0) is 50.8 Å². The van der Waals surface area contributed by atoms with Gasteiger partial charge in [0.15, 0.2) is 0 Å². The van der Waals surface area contributed by atoms with E-state index in [9.17, 15) is 8.78 Å². The summed E-state index contributed by atoms with van der Waals surface area (Å²) < 4.78 is 26.9. The van der Waals surface area contributed by atoms with Gasteiger partial charge in [0.2, 0.25) is 0 Å². The fourth-order valence-corrected chi connectivity index (χ4v) is 2.28. The Balaban J connectivity index is 2.04. The van der Waals surface area contributed by atoms with Crippen molar-refractivity contribution < 1.29 is 8.78 Å². The lowest BCUT2D eigenvalue weighted by Crippen LogP contribution is -2.38. The van der Waals surface area contributed by atoms with Crippen LogP contribution in [0.2, 0.25) is 0 Å². The molecule has 4 heteroatoms. The van der Waals surface area contributed by atoms with Crippen molar-refractivity contribution in [1.29, 1.82) is 0 Å². The quantitative estimate of drug-likeness (QED) is 0.859. The van der Waals surface area contributed by atoms with Gasteiger partial charge in [-0.1, -0.05) is 0 Å². The first-order valence-corrected chi connectivity index (χ1v) is 6.92. The lowest BCUT2D eigenvalue weighted by atomic mass is 10.1. The van der Waals surface area contributed by atoms with Crippen molar-refractivity contribution in [3.63, 3.8) is 0 Å². The maximum atomic E-state index is 13.7. The van der Waals surface area contributed by atoms with Crippen LogP contribution in [0.5, 0.6) is 0 Å². The van der Waals surface area contributed by atoms with Crippen molar-refractivity contribution in [3.8, 4) is 0 Å². The molecule has 0 spiro atoms. The Hall–Kier alpha value is -1.00. The molecule has 2 nitrogen and oxygen atoms in total. The van der Waals surface area contributed by atoms with Crippen LogP contribution in [0.1, 0.15) is 38.3 Å². The van der Waals surface area contributed by atoms with Crippen LogP contribution in [-0.2, 0) is 0 Å². The number of hydrogen-bond acceptors (Lipinski definition) is 2. The highest BCUT2D eigenvalue weighted by Gasteiger charge is 2.27. The monoisotopic (exact) mass is 268 g/mol. The van der Waals surface area contributed by atoms with Crippen molar-refractivity contribution in [2.75, 3.05) is 13.1 Å². The van der Waals surface area contributed by atoms with E-state index in [-0.39, 0.29) is 5.56 Å². The average Bonchev–Trinajstić information content (AvgIpc) is 3.15. The second-order valence-corrected chi connectivity index (χ2v) is 5.76. The predicted octanol–water partition coefficient (Wildman–Crippen LogP) is 3.09. The summed E-state index contributed by atoms with van der Waals surface area (Å²) in [7, 11) is 0. The molecule has 0 saturated heterocycles. The van der Waals surface area contributed by atoms with Crippen LogP contribution in [-0.4, -0.2) is 24.0 Å². The molecule has 1 aliphatic carbocycles. The molecule has 1 aliphatic rings. The Morgan fingerprint density at radius 1 is 1.32 bits per heavy atom. The normalized spacial score (nSPS) is 17.2.